The van der Waals surface area contributed by atoms with Gasteiger partial charge in [0.15, 0.2) is 5.13 Å². The zero-order valence-electron chi connectivity index (χ0n) is 17.9. The fourth-order valence-corrected chi connectivity index (χ4v) is 4.10. The van der Waals surface area contributed by atoms with Crippen LogP contribution < -0.4 is 15.6 Å². The van der Waals surface area contributed by atoms with Crippen LogP contribution >= 0.6 is 11.3 Å². The first-order valence-electron chi connectivity index (χ1n) is 9.99. The van der Waals surface area contributed by atoms with E-state index < -0.39 is 0 Å². The molecule has 0 aliphatic carbocycles. The van der Waals surface area contributed by atoms with Crippen LogP contribution in [-0.4, -0.2) is 20.6 Å². The predicted molar refractivity (Wildman–Crippen MR) is 122 cm³/mol. The van der Waals surface area contributed by atoms with Crippen LogP contribution in [0.15, 0.2) is 58.0 Å². The fraction of sp³-hybridized carbons (Fsp3) is 0.217. The van der Waals surface area contributed by atoms with Gasteiger partial charge in [0.05, 0.1) is 17.0 Å². The molecule has 32 heavy (non-hydrogen) atoms. The number of carbonyl (C=O) groups is 1. The molecular weight excluding hydrogens is 428 g/mol. The first-order chi connectivity index (χ1) is 15.4. The van der Waals surface area contributed by atoms with Gasteiger partial charge in [-0.2, -0.15) is 0 Å². The molecule has 1 amide bonds. The number of aryl methyl sites for hydroxylation is 3. The lowest BCUT2D eigenvalue weighted by molar-refractivity contribution is 0.0954. The van der Waals surface area contributed by atoms with Crippen molar-refractivity contribution in [2.45, 2.75) is 33.9 Å². The average Bonchev–Trinajstić information content (AvgIpc) is 3.33. The number of ether oxygens (including phenoxy) is 1. The molecule has 1 aromatic carbocycles. The third kappa shape index (κ3) is 4.62. The molecule has 8 nitrogen and oxygen atoms in total. The Bertz CT molecular complexity index is 1290. The van der Waals surface area contributed by atoms with Gasteiger partial charge in [-0.25, -0.2) is 4.98 Å². The summed E-state index contributed by atoms with van der Waals surface area (Å²) in [6, 6.07) is 12.7. The lowest BCUT2D eigenvalue weighted by atomic mass is 10.2. The summed E-state index contributed by atoms with van der Waals surface area (Å²) in [5.41, 5.74) is 2.89. The summed E-state index contributed by atoms with van der Waals surface area (Å²) in [6.45, 7) is 6.08. The lowest BCUT2D eigenvalue weighted by Crippen LogP contribution is -2.22. The molecular formula is C23H24N4O4S. The van der Waals surface area contributed by atoms with Crippen LogP contribution in [0.1, 0.15) is 39.4 Å². The quantitative estimate of drug-likeness (QED) is 0.456. The Morgan fingerprint density at radius 2 is 1.97 bits per heavy atom. The van der Waals surface area contributed by atoms with Gasteiger partial charge in [0.25, 0.3) is 11.5 Å². The smallest absolute Gasteiger partial charge is 0.263 e. The maximum atomic E-state index is 12.7. The Morgan fingerprint density at radius 1 is 1.19 bits per heavy atom. The van der Waals surface area contributed by atoms with Crippen molar-refractivity contribution < 1.29 is 15.5 Å². The van der Waals surface area contributed by atoms with Crippen LogP contribution in [0.5, 0.6) is 5.75 Å². The molecule has 166 valence electrons. The third-order valence-electron chi connectivity index (χ3n) is 4.95. The normalized spacial score (nSPS) is 10.8. The second-order valence-electron chi connectivity index (χ2n) is 7.24. The van der Waals surface area contributed by atoms with Crippen LogP contribution in [-0.2, 0) is 13.2 Å². The van der Waals surface area contributed by atoms with Gasteiger partial charge in [-0.05, 0) is 32.4 Å². The summed E-state index contributed by atoms with van der Waals surface area (Å²) in [4.78, 5) is 30.2. The Balaban J connectivity index is 0.00000306. The van der Waals surface area contributed by atoms with E-state index in [1.807, 2.05) is 44.2 Å². The summed E-state index contributed by atoms with van der Waals surface area (Å²) < 4.78 is 12.3. The average molecular weight is 453 g/mol. The molecule has 4 rings (SSSR count). The number of benzene rings is 1. The number of carbonyl (C=O) groups excluding carboxylic acids is 1. The minimum atomic E-state index is -0.300. The number of nitrogens with one attached hydrogen (secondary N) is 1. The Labute approximate surface area is 190 Å². The van der Waals surface area contributed by atoms with E-state index in [9.17, 15) is 9.59 Å². The summed E-state index contributed by atoms with van der Waals surface area (Å²) in [6.07, 6.45) is 1.59. The Morgan fingerprint density at radius 3 is 2.66 bits per heavy atom. The maximum absolute atomic E-state index is 12.7. The first-order valence-corrected chi connectivity index (χ1v) is 10.8. The van der Waals surface area contributed by atoms with Gasteiger partial charge in [-0.3, -0.25) is 14.2 Å². The standard InChI is InChI=1S/C23H22N4O4S.H2/c1-14-19(16(3)31-26-14)13-30-18-9-10-27(20(28)11-18)23-25-15(2)21(32-23)22(29)24-12-17-7-5-4-6-8-17;/h4-11H,12-13H2,1-3H3,(H,24,29);1H. The molecule has 0 aliphatic rings. The number of thiazole rings is 1. The third-order valence-corrected chi connectivity index (χ3v) is 6.10. The number of nitrogens with zero attached hydrogens (tertiary/aromatic N) is 3. The van der Waals surface area contributed by atoms with Crippen molar-refractivity contribution in [3.63, 3.8) is 0 Å². The zero-order valence-corrected chi connectivity index (χ0v) is 18.7. The highest BCUT2D eigenvalue weighted by atomic mass is 32.1. The summed E-state index contributed by atoms with van der Waals surface area (Å²) in [5.74, 6) is 0.898. The van der Waals surface area contributed by atoms with E-state index in [4.69, 9.17) is 9.26 Å². The molecule has 9 heteroatoms. The van der Waals surface area contributed by atoms with Gasteiger partial charge >= 0.3 is 0 Å². The van der Waals surface area contributed by atoms with Crippen molar-refractivity contribution in [2.24, 2.45) is 0 Å². The van der Waals surface area contributed by atoms with Crippen molar-refractivity contribution in [1.82, 2.24) is 20.0 Å². The molecule has 1 N–H and O–H groups in total. The van der Waals surface area contributed by atoms with E-state index in [2.05, 4.69) is 15.5 Å². The minimum Gasteiger partial charge on any atom is -0.488 e. The number of pyridine rings is 1. The van der Waals surface area contributed by atoms with Gasteiger partial charge in [-0.15, -0.1) is 0 Å². The maximum Gasteiger partial charge on any atom is 0.263 e. The van der Waals surface area contributed by atoms with Crippen molar-refractivity contribution >= 4 is 17.2 Å². The number of hydrogen-bond donors (Lipinski definition) is 1. The van der Waals surface area contributed by atoms with Crippen molar-refractivity contribution in [3.05, 3.63) is 92.2 Å². The number of hydrogen-bond acceptors (Lipinski definition) is 7. The van der Waals surface area contributed by atoms with Crippen LogP contribution in [0.2, 0.25) is 0 Å². The fourth-order valence-electron chi connectivity index (χ4n) is 3.13. The van der Waals surface area contributed by atoms with Gasteiger partial charge in [-0.1, -0.05) is 46.8 Å². The molecule has 0 fully saturated rings. The van der Waals surface area contributed by atoms with E-state index in [1.165, 1.54) is 22.0 Å². The van der Waals surface area contributed by atoms with Crippen LogP contribution in [0, 0.1) is 20.8 Å². The van der Waals surface area contributed by atoms with Gasteiger partial charge in [0.2, 0.25) is 0 Å². The van der Waals surface area contributed by atoms with Crippen LogP contribution in [0.3, 0.4) is 0 Å². The van der Waals surface area contributed by atoms with E-state index in [-0.39, 0.29) is 19.5 Å². The molecule has 0 atom stereocenters. The Kier molecular flexibility index (Phi) is 6.18. The second kappa shape index (κ2) is 9.19. The van der Waals surface area contributed by atoms with Gasteiger partial charge < -0.3 is 14.6 Å². The molecule has 3 aromatic heterocycles. The van der Waals surface area contributed by atoms with Crippen molar-refractivity contribution in [3.8, 4) is 10.9 Å². The molecule has 0 radical (unpaired) electrons. The van der Waals surface area contributed by atoms with Crippen LogP contribution in [0.25, 0.3) is 5.13 Å². The number of rotatable bonds is 7. The molecule has 0 saturated carbocycles. The molecule has 0 spiro atoms. The SMILES string of the molecule is Cc1nc(-n2ccc(OCc3c(C)noc3C)cc2=O)sc1C(=O)NCc1ccccc1.[HH]. The molecule has 3 heterocycles. The van der Waals surface area contributed by atoms with Crippen molar-refractivity contribution in [1.29, 1.82) is 0 Å². The molecule has 0 saturated heterocycles. The number of amides is 1. The first kappa shape index (κ1) is 21.5. The van der Waals surface area contributed by atoms with E-state index >= 15 is 0 Å². The zero-order chi connectivity index (χ0) is 22.7. The summed E-state index contributed by atoms with van der Waals surface area (Å²) >= 11 is 1.17. The monoisotopic (exact) mass is 452 g/mol. The molecule has 0 bridgehead atoms. The van der Waals surface area contributed by atoms with E-state index in [1.54, 1.807) is 19.2 Å². The molecule has 0 aliphatic heterocycles. The van der Waals surface area contributed by atoms with E-state index in [0.717, 1.165) is 16.8 Å². The lowest BCUT2D eigenvalue weighted by Gasteiger charge is -2.07. The molecule has 0 unspecified atom stereocenters. The minimum absolute atomic E-state index is 0. The highest BCUT2D eigenvalue weighted by molar-refractivity contribution is 7.16. The predicted octanol–water partition coefficient (Wildman–Crippen LogP) is 3.96. The van der Waals surface area contributed by atoms with E-state index in [0.29, 0.717) is 33.8 Å². The topological polar surface area (TPSA) is 99.2 Å². The summed E-state index contributed by atoms with van der Waals surface area (Å²) in [7, 11) is 0. The highest BCUT2D eigenvalue weighted by Gasteiger charge is 2.17. The second-order valence-corrected chi connectivity index (χ2v) is 8.22. The molecule has 4 aromatic rings. The largest absolute Gasteiger partial charge is 0.488 e. The van der Waals surface area contributed by atoms with Gasteiger partial charge in [0, 0.05) is 20.2 Å². The summed E-state index contributed by atoms with van der Waals surface area (Å²) in [5, 5.41) is 7.22. The number of aromatic nitrogens is 3. The highest BCUT2D eigenvalue weighted by Crippen LogP contribution is 2.22. The Hall–Kier alpha value is -3.72. The van der Waals surface area contributed by atoms with Gasteiger partial charge in [0.1, 0.15) is 23.0 Å². The van der Waals surface area contributed by atoms with Crippen molar-refractivity contribution in [2.75, 3.05) is 0 Å². The van der Waals surface area contributed by atoms with Crippen LogP contribution in [0.4, 0.5) is 0 Å².